The second-order valence-electron chi connectivity index (χ2n) is 9.81. The van der Waals surface area contributed by atoms with E-state index < -0.39 is 36.0 Å². The molecule has 2 amide bonds. The quantitative estimate of drug-likeness (QED) is 0.238. The number of carbonyl (C=O) groups is 5. The van der Waals surface area contributed by atoms with Gasteiger partial charge in [0.2, 0.25) is 11.8 Å². The Labute approximate surface area is 221 Å². The Hall–Kier alpha value is -2.07. The third-order valence-corrected chi connectivity index (χ3v) is 8.69. The molecule has 2 aliphatic rings. The van der Waals surface area contributed by atoms with Crippen LogP contribution in [0, 0.1) is 17.8 Å². The molecule has 0 unspecified atom stereocenters. The van der Waals surface area contributed by atoms with Crippen molar-refractivity contribution >= 4 is 50.9 Å². The van der Waals surface area contributed by atoms with Crippen molar-refractivity contribution in [2.75, 3.05) is 11.5 Å². The molecule has 1 saturated heterocycles. The fourth-order valence-electron chi connectivity index (χ4n) is 3.94. The van der Waals surface area contributed by atoms with Crippen molar-refractivity contribution in [2.24, 2.45) is 17.8 Å². The molecule has 200 valence electrons. The Morgan fingerprint density at radius 1 is 1.00 bits per heavy atom. The van der Waals surface area contributed by atoms with Crippen LogP contribution in [-0.2, 0) is 28.7 Å². The molecular formula is C26H38N2O6S2. The maximum Gasteiger partial charge on any atom is 0.329 e. The second kappa shape index (κ2) is 14.6. The zero-order valence-electron chi connectivity index (χ0n) is 21.7. The molecule has 2 aliphatic heterocycles. The first kappa shape index (κ1) is 30.2. The summed E-state index contributed by atoms with van der Waals surface area (Å²) in [6.45, 7) is 8.95. The molecule has 4 atom stereocenters. The minimum atomic E-state index is -0.942. The van der Waals surface area contributed by atoms with Crippen LogP contribution in [0.15, 0.2) is 23.8 Å². The van der Waals surface area contributed by atoms with E-state index >= 15 is 0 Å². The van der Waals surface area contributed by atoms with E-state index in [1.165, 1.54) is 10.8 Å². The highest BCUT2D eigenvalue weighted by Crippen LogP contribution is 2.26. The van der Waals surface area contributed by atoms with Crippen LogP contribution in [0.5, 0.6) is 0 Å². The van der Waals surface area contributed by atoms with E-state index in [-0.39, 0.29) is 54.1 Å². The average Bonchev–Trinajstić information content (AvgIpc) is 2.81. The average molecular weight is 539 g/mol. The molecule has 0 aromatic heterocycles. The number of hydrogen-bond acceptors (Lipinski definition) is 8. The smallest absolute Gasteiger partial charge is 0.329 e. The van der Waals surface area contributed by atoms with Crippen molar-refractivity contribution in [1.82, 2.24) is 10.6 Å². The molecule has 8 nitrogen and oxygen atoms in total. The lowest BCUT2D eigenvalue weighted by Crippen LogP contribution is -2.49. The largest absolute Gasteiger partial charge is 0.456 e. The highest BCUT2D eigenvalue weighted by molar-refractivity contribution is 8.76. The minimum absolute atomic E-state index is 0.0152. The summed E-state index contributed by atoms with van der Waals surface area (Å²) in [5.74, 6) is -2.00. The van der Waals surface area contributed by atoms with Crippen molar-refractivity contribution in [3.05, 3.63) is 23.8 Å². The van der Waals surface area contributed by atoms with Gasteiger partial charge >= 0.3 is 5.97 Å². The molecule has 2 rings (SSSR count). The van der Waals surface area contributed by atoms with Gasteiger partial charge in [-0.25, -0.2) is 4.79 Å². The van der Waals surface area contributed by atoms with E-state index in [1.54, 1.807) is 43.7 Å². The van der Waals surface area contributed by atoms with Crippen LogP contribution < -0.4 is 10.6 Å². The maximum atomic E-state index is 13.3. The van der Waals surface area contributed by atoms with E-state index in [0.29, 0.717) is 12.2 Å². The molecule has 0 aromatic carbocycles. The van der Waals surface area contributed by atoms with Gasteiger partial charge in [-0.05, 0) is 31.3 Å². The topological polar surface area (TPSA) is 119 Å². The van der Waals surface area contributed by atoms with Gasteiger partial charge in [-0.1, -0.05) is 61.4 Å². The fourth-order valence-corrected chi connectivity index (χ4v) is 6.14. The van der Waals surface area contributed by atoms with E-state index in [0.717, 1.165) is 5.75 Å². The van der Waals surface area contributed by atoms with Crippen LogP contribution in [0.3, 0.4) is 0 Å². The van der Waals surface area contributed by atoms with E-state index in [1.807, 2.05) is 19.9 Å². The van der Waals surface area contributed by atoms with Crippen LogP contribution in [-0.4, -0.2) is 59.0 Å². The predicted octanol–water partition coefficient (Wildman–Crippen LogP) is 3.41. The number of ether oxygens (including phenoxy) is 1. The molecule has 0 spiro atoms. The lowest BCUT2D eigenvalue weighted by molar-refractivity contribution is -0.153. The first-order valence-electron chi connectivity index (χ1n) is 12.5. The zero-order chi connectivity index (χ0) is 26.8. The summed E-state index contributed by atoms with van der Waals surface area (Å²) in [7, 11) is 3.05. The summed E-state index contributed by atoms with van der Waals surface area (Å²) in [5, 5.41) is 5.57. The lowest BCUT2D eigenvalue weighted by Gasteiger charge is -2.26. The highest BCUT2D eigenvalue weighted by Gasteiger charge is 2.33. The van der Waals surface area contributed by atoms with Gasteiger partial charge in [0.25, 0.3) is 0 Å². The van der Waals surface area contributed by atoms with Gasteiger partial charge in [-0.15, -0.1) is 0 Å². The molecule has 2 heterocycles. The summed E-state index contributed by atoms with van der Waals surface area (Å²) in [5.41, 5.74) is 0.221. The van der Waals surface area contributed by atoms with Crippen LogP contribution >= 0.6 is 21.6 Å². The molecule has 0 saturated carbocycles. The third kappa shape index (κ3) is 9.10. The van der Waals surface area contributed by atoms with Crippen molar-refractivity contribution in [3.63, 3.8) is 0 Å². The van der Waals surface area contributed by atoms with Crippen molar-refractivity contribution < 1.29 is 28.7 Å². The molecule has 0 radical (unpaired) electrons. The van der Waals surface area contributed by atoms with Gasteiger partial charge in [-0.3, -0.25) is 19.2 Å². The zero-order valence-corrected chi connectivity index (χ0v) is 23.3. The van der Waals surface area contributed by atoms with Crippen LogP contribution in [0.2, 0.25) is 0 Å². The first-order chi connectivity index (χ1) is 17.0. The van der Waals surface area contributed by atoms with Gasteiger partial charge in [-0.2, -0.15) is 0 Å². The molecule has 2 N–H and O–H groups in total. The minimum Gasteiger partial charge on any atom is -0.456 e. The predicted molar refractivity (Wildman–Crippen MR) is 143 cm³/mol. The Bertz CT molecular complexity index is 899. The van der Waals surface area contributed by atoms with Crippen molar-refractivity contribution in [2.45, 2.75) is 78.5 Å². The lowest BCUT2D eigenvalue weighted by atomic mass is 9.88. The standard InChI is InChI=1S/C26H38N2O6S2/c1-6-17-11-22(30)21-14-36-35-10-8-7-9-19(34-26(33)23(16(4)5)28-24(17)31)12-18(29)13-20(15(2)3)25(32)27-21/h6-7,9,15-16,19-21,23H,8,10-14H2,1-5H3,(H,27,32)(H,28,31)/b9-7+,17-6+/t19-,20+,21+,23-/m0/s1. The summed E-state index contributed by atoms with van der Waals surface area (Å²) >= 11 is 0. The maximum absolute atomic E-state index is 13.3. The van der Waals surface area contributed by atoms with E-state index in [2.05, 4.69) is 10.6 Å². The van der Waals surface area contributed by atoms with E-state index in [9.17, 15) is 24.0 Å². The van der Waals surface area contributed by atoms with Gasteiger partial charge < -0.3 is 15.4 Å². The molecule has 0 aromatic rings. The molecular weight excluding hydrogens is 500 g/mol. The Balaban J connectivity index is 2.55. The molecule has 10 heteroatoms. The summed E-state index contributed by atoms with van der Waals surface area (Å²) in [4.78, 5) is 65.6. The molecule has 0 aliphatic carbocycles. The number of esters is 1. The number of nitrogens with one attached hydrogen (secondary N) is 2. The summed E-state index contributed by atoms with van der Waals surface area (Å²) < 4.78 is 5.71. The fraction of sp³-hybridized carbons (Fsp3) is 0.654. The highest BCUT2D eigenvalue weighted by atomic mass is 33.1. The number of Topliss-reactive ketones (excluding diaryl/α,β-unsaturated/α-hetero) is 2. The summed E-state index contributed by atoms with van der Waals surface area (Å²) in [6.07, 6.45) is 4.76. The van der Waals surface area contributed by atoms with Gasteiger partial charge in [0.1, 0.15) is 17.9 Å². The first-order valence-corrected chi connectivity index (χ1v) is 14.9. The molecule has 2 bridgehead atoms. The van der Waals surface area contributed by atoms with Gasteiger partial charge in [0.05, 0.1) is 6.04 Å². The Kier molecular flexibility index (Phi) is 12.2. The number of carbonyl (C=O) groups excluding carboxylic acids is 5. The van der Waals surface area contributed by atoms with Crippen molar-refractivity contribution in [1.29, 1.82) is 0 Å². The number of hydrogen-bond donors (Lipinski definition) is 2. The second-order valence-corrected chi connectivity index (χ2v) is 12.4. The van der Waals surface area contributed by atoms with Crippen LogP contribution in [0.1, 0.15) is 60.3 Å². The van der Waals surface area contributed by atoms with E-state index in [4.69, 9.17) is 4.74 Å². The third-order valence-electron chi connectivity index (χ3n) is 6.24. The van der Waals surface area contributed by atoms with Gasteiger partial charge in [0, 0.05) is 42.3 Å². The number of ketones is 2. The number of rotatable bonds is 2. The van der Waals surface area contributed by atoms with Crippen LogP contribution in [0.25, 0.3) is 0 Å². The number of amides is 2. The molecule has 1 fully saturated rings. The Morgan fingerprint density at radius 2 is 1.72 bits per heavy atom. The van der Waals surface area contributed by atoms with Gasteiger partial charge in [0.15, 0.2) is 5.78 Å². The number of allylic oxidation sites excluding steroid dienone is 2. The monoisotopic (exact) mass is 538 g/mol. The Morgan fingerprint density at radius 3 is 2.36 bits per heavy atom. The normalized spacial score (nSPS) is 30.1. The summed E-state index contributed by atoms with van der Waals surface area (Å²) in [6, 6.07) is -1.75. The van der Waals surface area contributed by atoms with Crippen LogP contribution in [0.4, 0.5) is 0 Å². The SMILES string of the molecule is C/C=C1\CC(=O)[C@H]2CSSCC/C=C/[C@@H](CC(=O)C[C@H](C(C)C)C(=O)N2)OC(=O)[C@H](C(C)C)NC1=O. The number of fused-ring (bicyclic) bond motifs is 7. The molecule has 36 heavy (non-hydrogen) atoms. The van der Waals surface area contributed by atoms with Crippen molar-refractivity contribution in [3.8, 4) is 0 Å².